The van der Waals surface area contributed by atoms with Gasteiger partial charge in [-0.15, -0.1) is 0 Å². The smallest absolute Gasteiger partial charge is 0.258 e. The minimum Gasteiger partial charge on any atom is -0.493 e. The highest BCUT2D eigenvalue weighted by molar-refractivity contribution is 5.63. The van der Waals surface area contributed by atoms with Gasteiger partial charge in [0.2, 0.25) is 5.82 Å². The van der Waals surface area contributed by atoms with E-state index >= 15 is 0 Å². The van der Waals surface area contributed by atoms with Crippen molar-refractivity contribution in [2.24, 2.45) is 0 Å². The van der Waals surface area contributed by atoms with E-state index in [1.54, 1.807) is 50.6 Å². The van der Waals surface area contributed by atoms with Gasteiger partial charge in [-0.25, -0.2) is 8.78 Å². The zero-order chi connectivity index (χ0) is 21.8. The van der Waals surface area contributed by atoms with Crippen molar-refractivity contribution in [1.82, 2.24) is 10.1 Å². The van der Waals surface area contributed by atoms with Gasteiger partial charge in [-0.2, -0.15) is 4.98 Å². The van der Waals surface area contributed by atoms with E-state index in [0.29, 0.717) is 45.7 Å². The van der Waals surface area contributed by atoms with Crippen LogP contribution in [0.25, 0.3) is 22.8 Å². The SMILES string of the molecule is COc1ccc(-c2nc(-c3cccc(OCc4ccc(F)c(F)c4)c3)no2)cc1OC. The van der Waals surface area contributed by atoms with Crippen molar-refractivity contribution >= 4 is 0 Å². The fourth-order valence-corrected chi connectivity index (χ4v) is 2.95. The highest BCUT2D eigenvalue weighted by Crippen LogP contribution is 2.32. The number of methoxy groups -OCH3 is 2. The Morgan fingerprint density at radius 2 is 1.68 bits per heavy atom. The first-order valence-electron chi connectivity index (χ1n) is 9.30. The van der Waals surface area contributed by atoms with Gasteiger partial charge in [0, 0.05) is 11.1 Å². The van der Waals surface area contributed by atoms with E-state index in [1.807, 2.05) is 6.07 Å². The van der Waals surface area contributed by atoms with Crippen molar-refractivity contribution < 1.29 is 27.5 Å². The standard InChI is InChI=1S/C23H18F2N2O4/c1-28-20-9-7-16(12-21(20)29-2)23-26-22(27-31-23)15-4-3-5-17(11-15)30-13-14-6-8-18(24)19(25)10-14/h3-12H,13H2,1-2H3. The molecular weight excluding hydrogens is 406 g/mol. The lowest BCUT2D eigenvalue weighted by Gasteiger charge is -2.07. The number of nitrogens with zero attached hydrogens (tertiary/aromatic N) is 2. The maximum absolute atomic E-state index is 13.4. The van der Waals surface area contributed by atoms with Crippen LogP contribution in [0, 0.1) is 11.6 Å². The Morgan fingerprint density at radius 1 is 0.839 bits per heavy atom. The third kappa shape index (κ3) is 4.48. The largest absolute Gasteiger partial charge is 0.493 e. The van der Waals surface area contributed by atoms with Crippen LogP contribution in [-0.2, 0) is 6.61 Å². The van der Waals surface area contributed by atoms with Gasteiger partial charge in [0.25, 0.3) is 5.89 Å². The van der Waals surface area contributed by atoms with Gasteiger partial charge in [-0.3, -0.25) is 0 Å². The van der Waals surface area contributed by atoms with Crippen molar-refractivity contribution in [2.75, 3.05) is 14.2 Å². The maximum atomic E-state index is 13.4. The summed E-state index contributed by atoms with van der Waals surface area (Å²) in [6.45, 7) is 0.0871. The van der Waals surface area contributed by atoms with E-state index in [-0.39, 0.29) is 6.61 Å². The summed E-state index contributed by atoms with van der Waals surface area (Å²) in [5.41, 5.74) is 1.88. The highest BCUT2D eigenvalue weighted by atomic mass is 19.2. The van der Waals surface area contributed by atoms with Crippen molar-refractivity contribution in [1.29, 1.82) is 0 Å². The van der Waals surface area contributed by atoms with Crippen LogP contribution in [0.1, 0.15) is 5.56 Å². The highest BCUT2D eigenvalue weighted by Gasteiger charge is 2.14. The average molecular weight is 424 g/mol. The minimum atomic E-state index is -0.913. The van der Waals surface area contributed by atoms with E-state index in [0.717, 1.165) is 12.1 Å². The summed E-state index contributed by atoms with van der Waals surface area (Å²) in [4.78, 5) is 4.44. The minimum absolute atomic E-state index is 0.0871. The van der Waals surface area contributed by atoms with Gasteiger partial charge in [0.05, 0.1) is 14.2 Å². The molecule has 0 bridgehead atoms. The Hall–Kier alpha value is -3.94. The predicted molar refractivity (Wildman–Crippen MR) is 109 cm³/mol. The molecule has 0 radical (unpaired) electrons. The van der Waals surface area contributed by atoms with Gasteiger partial charge in [-0.05, 0) is 48.0 Å². The molecule has 0 saturated heterocycles. The molecule has 0 atom stereocenters. The Bertz CT molecular complexity index is 1210. The summed E-state index contributed by atoms with van der Waals surface area (Å²) in [5, 5.41) is 4.04. The molecule has 6 nitrogen and oxygen atoms in total. The lowest BCUT2D eigenvalue weighted by Crippen LogP contribution is -1.97. The van der Waals surface area contributed by atoms with Crippen LogP contribution in [-0.4, -0.2) is 24.4 Å². The molecule has 8 heteroatoms. The number of ether oxygens (including phenoxy) is 3. The number of halogens is 2. The topological polar surface area (TPSA) is 66.6 Å². The van der Waals surface area contributed by atoms with Gasteiger partial charge < -0.3 is 18.7 Å². The first-order chi connectivity index (χ1) is 15.1. The second kappa shape index (κ2) is 8.83. The van der Waals surface area contributed by atoms with Crippen LogP contribution < -0.4 is 14.2 Å². The first kappa shape index (κ1) is 20.3. The normalized spacial score (nSPS) is 10.7. The molecule has 4 aromatic rings. The van der Waals surface area contributed by atoms with Crippen molar-refractivity contribution in [3.63, 3.8) is 0 Å². The van der Waals surface area contributed by atoms with Gasteiger partial charge in [0.1, 0.15) is 12.4 Å². The molecule has 0 spiro atoms. The van der Waals surface area contributed by atoms with Crippen LogP contribution in [0.3, 0.4) is 0 Å². The predicted octanol–water partition coefficient (Wildman–Crippen LogP) is 5.28. The molecule has 0 aliphatic heterocycles. The van der Waals surface area contributed by atoms with E-state index in [1.165, 1.54) is 6.07 Å². The molecule has 1 heterocycles. The molecule has 0 saturated carbocycles. The van der Waals surface area contributed by atoms with E-state index < -0.39 is 11.6 Å². The lowest BCUT2D eigenvalue weighted by molar-refractivity contribution is 0.305. The summed E-state index contributed by atoms with van der Waals surface area (Å²) in [7, 11) is 3.11. The molecule has 1 aromatic heterocycles. The Labute approximate surface area is 177 Å². The van der Waals surface area contributed by atoms with Gasteiger partial charge in [-0.1, -0.05) is 23.4 Å². The number of aromatic nitrogens is 2. The third-order valence-corrected chi connectivity index (χ3v) is 4.54. The monoisotopic (exact) mass is 424 g/mol. The molecule has 3 aromatic carbocycles. The molecule has 0 aliphatic rings. The van der Waals surface area contributed by atoms with Crippen LogP contribution in [0.2, 0.25) is 0 Å². The van der Waals surface area contributed by atoms with E-state index in [4.69, 9.17) is 18.7 Å². The second-order valence-corrected chi connectivity index (χ2v) is 6.56. The number of hydrogen-bond donors (Lipinski definition) is 0. The molecule has 0 N–H and O–H groups in total. The van der Waals surface area contributed by atoms with Crippen LogP contribution in [0.5, 0.6) is 17.2 Å². The number of rotatable bonds is 7. The van der Waals surface area contributed by atoms with Gasteiger partial charge in [0.15, 0.2) is 23.1 Å². The zero-order valence-corrected chi connectivity index (χ0v) is 16.8. The van der Waals surface area contributed by atoms with Crippen molar-refractivity contribution in [3.8, 4) is 40.1 Å². The Balaban J connectivity index is 1.52. The van der Waals surface area contributed by atoms with Crippen LogP contribution in [0.15, 0.2) is 65.2 Å². The first-order valence-corrected chi connectivity index (χ1v) is 9.30. The van der Waals surface area contributed by atoms with Gasteiger partial charge >= 0.3 is 0 Å². The molecule has 0 aliphatic carbocycles. The molecule has 31 heavy (non-hydrogen) atoms. The van der Waals surface area contributed by atoms with E-state index in [2.05, 4.69) is 10.1 Å². The molecule has 0 amide bonds. The lowest BCUT2D eigenvalue weighted by atomic mass is 10.2. The fourth-order valence-electron chi connectivity index (χ4n) is 2.95. The molecule has 0 fully saturated rings. The Morgan fingerprint density at radius 3 is 2.45 bits per heavy atom. The number of hydrogen-bond acceptors (Lipinski definition) is 6. The van der Waals surface area contributed by atoms with Crippen LogP contribution >= 0.6 is 0 Å². The Kier molecular flexibility index (Phi) is 5.79. The number of benzene rings is 3. The second-order valence-electron chi connectivity index (χ2n) is 6.56. The molecule has 0 unspecified atom stereocenters. The van der Waals surface area contributed by atoms with Crippen molar-refractivity contribution in [2.45, 2.75) is 6.61 Å². The quantitative estimate of drug-likeness (QED) is 0.402. The third-order valence-electron chi connectivity index (χ3n) is 4.54. The summed E-state index contributed by atoms with van der Waals surface area (Å²) in [6.07, 6.45) is 0. The summed E-state index contributed by atoms with van der Waals surface area (Å²) < 4.78 is 48.0. The molecular formula is C23H18F2N2O4. The molecule has 158 valence electrons. The molecule has 4 rings (SSSR count). The summed E-state index contributed by atoms with van der Waals surface area (Å²) in [6, 6.07) is 16.0. The fraction of sp³-hybridized carbons (Fsp3) is 0.130. The maximum Gasteiger partial charge on any atom is 0.258 e. The average Bonchev–Trinajstić information content (AvgIpc) is 3.30. The van der Waals surface area contributed by atoms with Crippen LogP contribution in [0.4, 0.5) is 8.78 Å². The summed E-state index contributed by atoms with van der Waals surface area (Å²) >= 11 is 0. The van der Waals surface area contributed by atoms with Crippen molar-refractivity contribution in [3.05, 3.63) is 77.9 Å². The summed E-state index contributed by atoms with van der Waals surface area (Å²) in [5.74, 6) is 0.563. The van der Waals surface area contributed by atoms with E-state index in [9.17, 15) is 8.78 Å². The zero-order valence-electron chi connectivity index (χ0n) is 16.8.